The highest BCUT2D eigenvalue weighted by atomic mass is 32.1. The number of rotatable bonds is 2. The SMILES string of the molecule is Cc1ccc2sc(NC3CC3)nc2c1C. The van der Waals surface area contributed by atoms with Crippen LogP contribution in [0.5, 0.6) is 0 Å². The highest BCUT2D eigenvalue weighted by Gasteiger charge is 2.22. The van der Waals surface area contributed by atoms with Gasteiger partial charge in [-0.25, -0.2) is 4.98 Å². The number of fused-ring (bicyclic) bond motifs is 1. The largest absolute Gasteiger partial charge is 0.359 e. The Morgan fingerprint density at radius 2 is 2.13 bits per heavy atom. The topological polar surface area (TPSA) is 24.9 Å². The molecule has 0 bridgehead atoms. The molecular weight excluding hydrogens is 204 g/mol. The van der Waals surface area contributed by atoms with Crippen LogP contribution in [-0.4, -0.2) is 11.0 Å². The summed E-state index contributed by atoms with van der Waals surface area (Å²) in [6.07, 6.45) is 2.60. The minimum absolute atomic E-state index is 0.687. The Kier molecular flexibility index (Phi) is 1.96. The first-order valence-corrected chi connectivity index (χ1v) is 6.19. The molecule has 2 aromatic rings. The van der Waals surface area contributed by atoms with E-state index >= 15 is 0 Å². The number of nitrogens with one attached hydrogen (secondary N) is 1. The predicted octanol–water partition coefficient (Wildman–Crippen LogP) is 3.49. The van der Waals surface area contributed by atoms with Crippen LogP contribution < -0.4 is 5.32 Å². The molecule has 1 fully saturated rings. The average molecular weight is 218 g/mol. The summed E-state index contributed by atoms with van der Waals surface area (Å²) in [5.41, 5.74) is 3.81. The van der Waals surface area contributed by atoms with Crippen molar-refractivity contribution in [3.8, 4) is 0 Å². The van der Waals surface area contributed by atoms with Crippen LogP contribution >= 0.6 is 11.3 Å². The summed E-state index contributed by atoms with van der Waals surface area (Å²) in [5, 5.41) is 4.54. The zero-order valence-corrected chi connectivity index (χ0v) is 9.82. The molecular formula is C12H14N2S. The Morgan fingerprint density at radius 3 is 2.87 bits per heavy atom. The van der Waals surface area contributed by atoms with E-state index in [0.29, 0.717) is 6.04 Å². The Hall–Kier alpha value is -1.09. The normalized spacial score (nSPS) is 15.9. The maximum absolute atomic E-state index is 4.66. The van der Waals surface area contributed by atoms with Gasteiger partial charge in [0, 0.05) is 6.04 Å². The Bertz CT molecular complexity index is 512. The molecule has 3 rings (SSSR count). The van der Waals surface area contributed by atoms with Crippen molar-refractivity contribution in [3.05, 3.63) is 23.3 Å². The molecule has 0 amide bonds. The van der Waals surface area contributed by atoms with Gasteiger partial charge in [0.25, 0.3) is 0 Å². The van der Waals surface area contributed by atoms with Crippen LogP contribution in [0.4, 0.5) is 5.13 Å². The van der Waals surface area contributed by atoms with E-state index in [0.717, 1.165) is 5.13 Å². The molecule has 2 nitrogen and oxygen atoms in total. The number of aryl methyl sites for hydroxylation is 2. The predicted molar refractivity (Wildman–Crippen MR) is 65.7 cm³/mol. The third kappa shape index (κ3) is 1.61. The van der Waals surface area contributed by atoms with Crippen molar-refractivity contribution < 1.29 is 0 Å². The van der Waals surface area contributed by atoms with Gasteiger partial charge >= 0.3 is 0 Å². The first-order valence-electron chi connectivity index (χ1n) is 5.37. The summed E-state index contributed by atoms with van der Waals surface area (Å²) in [7, 11) is 0. The van der Waals surface area contributed by atoms with Crippen LogP contribution in [0.25, 0.3) is 10.2 Å². The molecule has 15 heavy (non-hydrogen) atoms. The van der Waals surface area contributed by atoms with E-state index in [9.17, 15) is 0 Å². The van der Waals surface area contributed by atoms with Crippen molar-refractivity contribution in [1.82, 2.24) is 4.98 Å². The van der Waals surface area contributed by atoms with E-state index in [1.165, 1.54) is 34.2 Å². The molecule has 0 radical (unpaired) electrons. The average Bonchev–Trinajstić information content (AvgIpc) is 2.91. The van der Waals surface area contributed by atoms with Gasteiger partial charge < -0.3 is 5.32 Å². The lowest BCUT2D eigenvalue weighted by molar-refractivity contribution is 1.14. The van der Waals surface area contributed by atoms with Crippen molar-refractivity contribution >= 4 is 26.7 Å². The van der Waals surface area contributed by atoms with E-state index in [2.05, 4.69) is 36.3 Å². The van der Waals surface area contributed by atoms with Crippen LogP contribution in [0.2, 0.25) is 0 Å². The van der Waals surface area contributed by atoms with Gasteiger partial charge in [0.15, 0.2) is 5.13 Å². The maximum atomic E-state index is 4.66. The number of thiazole rings is 1. The summed E-state index contributed by atoms with van der Waals surface area (Å²) in [4.78, 5) is 4.66. The second-order valence-corrected chi connectivity index (χ2v) is 5.32. The van der Waals surface area contributed by atoms with Crippen molar-refractivity contribution in [2.45, 2.75) is 32.7 Å². The summed E-state index contributed by atoms with van der Waals surface area (Å²) < 4.78 is 1.29. The van der Waals surface area contributed by atoms with Gasteiger partial charge in [-0.15, -0.1) is 0 Å². The summed E-state index contributed by atoms with van der Waals surface area (Å²) in [5.74, 6) is 0. The third-order valence-corrected chi connectivity index (χ3v) is 3.94. The highest BCUT2D eigenvalue weighted by Crippen LogP contribution is 2.32. The van der Waals surface area contributed by atoms with Gasteiger partial charge in [-0.05, 0) is 43.9 Å². The van der Waals surface area contributed by atoms with Gasteiger partial charge in [0.2, 0.25) is 0 Å². The van der Waals surface area contributed by atoms with Crippen LogP contribution in [-0.2, 0) is 0 Å². The molecule has 1 saturated carbocycles. The number of hydrogen-bond acceptors (Lipinski definition) is 3. The molecule has 0 unspecified atom stereocenters. The van der Waals surface area contributed by atoms with Gasteiger partial charge in [0.05, 0.1) is 10.2 Å². The van der Waals surface area contributed by atoms with Crippen LogP contribution in [0.15, 0.2) is 12.1 Å². The quantitative estimate of drug-likeness (QED) is 0.834. The van der Waals surface area contributed by atoms with Crippen molar-refractivity contribution in [1.29, 1.82) is 0 Å². The lowest BCUT2D eigenvalue weighted by Gasteiger charge is -1.98. The maximum Gasteiger partial charge on any atom is 0.184 e. The van der Waals surface area contributed by atoms with E-state index in [1.807, 2.05) is 0 Å². The molecule has 1 aliphatic rings. The summed E-state index contributed by atoms with van der Waals surface area (Å²) in [6.45, 7) is 4.29. The molecule has 1 aliphatic carbocycles. The fourth-order valence-corrected chi connectivity index (χ4v) is 2.69. The lowest BCUT2D eigenvalue weighted by atomic mass is 10.1. The number of anilines is 1. The zero-order valence-electron chi connectivity index (χ0n) is 9.00. The standard InChI is InChI=1S/C12H14N2S/c1-7-3-6-10-11(8(7)2)14-12(15-10)13-9-4-5-9/h3,6,9H,4-5H2,1-2H3,(H,13,14). The van der Waals surface area contributed by atoms with Gasteiger partial charge in [-0.3, -0.25) is 0 Å². The Labute approximate surface area is 93.3 Å². The lowest BCUT2D eigenvalue weighted by Crippen LogP contribution is -1.99. The monoisotopic (exact) mass is 218 g/mol. The molecule has 1 N–H and O–H groups in total. The van der Waals surface area contributed by atoms with Crippen LogP contribution in [0.1, 0.15) is 24.0 Å². The van der Waals surface area contributed by atoms with Crippen molar-refractivity contribution in [2.75, 3.05) is 5.32 Å². The molecule has 1 aromatic carbocycles. The molecule has 0 saturated heterocycles. The van der Waals surface area contributed by atoms with E-state index in [1.54, 1.807) is 11.3 Å². The zero-order chi connectivity index (χ0) is 10.4. The van der Waals surface area contributed by atoms with Crippen molar-refractivity contribution in [2.24, 2.45) is 0 Å². The Morgan fingerprint density at radius 1 is 1.33 bits per heavy atom. The van der Waals surface area contributed by atoms with Gasteiger partial charge in [-0.1, -0.05) is 17.4 Å². The fraction of sp³-hybridized carbons (Fsp3) is 0.417. The first-order chi connectivity index (χ1) is 7.24. The van der Waals surface area contributed by atoms with Gasteiger partial charge in [-0.2, -0.15) is 0 Å². The second-order valence-electron chi connectivity index (χ2n) is 4.29. The number of benzene rings is 1. The third-order valence-electron chi connectivity index (χ3n) is 2.99. The van der Waals surface area contributed by atoms with E-state index in [-0.39, 0.29) is 0 Å². The fourth-order valence-electron chi connectivity index (χ4n) is 1.69. The Balaban J connectivity index is 2.08. The van der Waals surface area contributed by atoms with Crippen molar-refractivity contribution in [3.63, 3.8) is 0 Å². The molecule has 0 spiro atoms. The first kappa shape index (κ1) is 9.16. The van der Waals surface area contributed by atoms with E-state index < -0.39 is 0 Å². The van der Waals surface area contributed by atoms with Gasteiger partial charge in [0.1, 0.15) is 0 Å². The number of hydrogen-bond donors (Lipinski definition) is 1. The molecule has 1 heterocycles. The minimum atomic E-state index is 0.687. The van der Waals surface area contributed by atoms with Crippen LogP contribution in [0.3, 0.4) is 0 Å². The number of nitrogens with zero attached hydrogens (tertiary/aromatic N) is 1. The van der Waals surface area contributed by atoms with Crippen LogP contribution in [0, 0.1) is 13.8 Å². The van der Waals surface area contributed by atoms with E-state index in [4.69, 9.17) is 0 Å². The molecule has 0 aliphatic heterocycles. The molecule has 0 atom stereocenters. The summed E-state index contributed by atoms with van der Waals surface area (Å²) in [6, 6.07) is 5.04. The number of aromatic nitrogens is 1. The smallest absolute Gasteiger partial charge is 0.184 e. The molecule has 1 aromatic heterocycles. The molecule has 78 valence electrons. The highest BCUT2D eigenvalue weighted by molar-refractivity contribution is 7.22. The minimum Gasteiger partial charge on any atom is -0.359 e. The summed E-state index contributed by atoms with van der Waals surface area (Å²) >= 11 is 1.77. The molecule has 3 heteroatoms. The second kappa shape index (κ2) is 3.20.